The number of anilines is 1. The Hall–Kier alpha value is -2.66. The van der Waals surface area contributed by atoms with Gasteiger partial charge in [0, 0.05) is 31.7 Å². The van der Waals surface area contributed by atoms with E-state index < -0.39 is 0 Å². The summed E-state index contributed by atoms with van der Waals surface area (Å²) in [6.45, 7) is 0.540. The van der Waals surface area contributed by atoms with E-state index >= 15 is 0 Å². The summed E-state index contributed by atoms with van der Waals surface area (Å²) in [5.74, 6) is 0. The van der Waals surface area contributed by atoms with Crippen LogP contribution in [-0.2, 0) is 6.54 Å². The van der Waals surface area contributed by atoms with E-state index in [9.17, 15) is 4.79 Å². The lowest BCUT2D eigenvalue weighted by molar-refractivity contribution is 0.220. The van der Waals surface area contributed by atoms with Crippen LogP contribution in [0.1, 0.15) is 5.56 Å². The van der Waals surface area contributed by atoms with Crippen molar-refractivity contribution in [2.45, 2.75) is 6.54 Å². The third-order valence-electron chi connectivity index (χ3n) is 3.48. The molecule has 0 aliphatic carbocycles. The van der Waals surface area contributed by atoms with Crippen molar-refractivity contribution in [3.63, 3.8) is 0 Å². The number of thiophene rings is 1. The fraction of sp³-hybridized carbons (Fsp3) is 0.111. The average Bonchev–Trinajstić information content (AvgIpc) is 3.10. The molecular weight excluding hydrogens is 306 g/mol. The molecule has 0 unspecified atom stereocenters. The number of nitrogens with one attached hydrogen (secondary N) is 1. The minimum atomic E-state index is -0.135. The zero-order valence-corrected chi connectivity index (χ0v) is 13.6. The second-order valence-corrected chi connectivity index (χ2v) is 6.01. The van der Waals surface area contributed by atoms with E-state index in [4.69, 9.17) is 0 Å². The molecule has 0 bridgehead atoms. The number of carbonyl (C=O) groups is 1. The van der Waals surface area contributed by atoms with Crippen molar-refractivity contribution in [1.29, 1.82) is 0 Å². The fourth-order valence-corrected chi connectivity index (χ4v) is 2.92. The highest BCUT2D eigenvalue weighted by Crippen LogP contribution is 2.24. The van der Waals surface area contributed by atoms with E-state index in [0.29, 0.717) is 6.54 Å². The first-order valence-corrected chi connectivity index (χ1v) is 8.20. The molecule has 0 radical (unpaired) electrons. The Balaban J connectivity index is 1.67. The minimum Gasteiger partial charge on any atom is -0.323 e. The highest BCUT2D eigenvalue weighted by atomic mass is 32.1. The monoisotopic (exact) mass is 323 g/mol. The van der Waals surface area contributed by atoms with E-state index in [0.717, 1.165) is 22.4 Å². The fourth-order valence-electron chi connectivity index (χ4n) is 2.26. The highest BCUT2D eigenvalue weighted by molar-refractivity contribution is 7.08. The van der Waals surface area contributed by atoms with Gasteiger partial charge in [-0.1, -0.05) is 12.1 Å². The molecule has 3 aromatic rings. The van der Waals surface area contributed by atoms with Gasteiger partial charge in [0.05, 0.1) is 0 Å². The smallest absolute Gasteiger partial charge is 0.321 e. The molecule has 1 N–H and O–H groups in total. The largest absolute Gasteiger partial charge is 0.323 e. The van der Waals surface area contributed by atoms with Gasteiger partial charge in [-0.3, -0.25) is 4.98 Å². The van der Waals surface area contributed by atoms with Gasteiger partial charge in [0.2, 0.25) is 0 Å². The van der Waals surface area contributed by atoms with Crippen LogP contribution in [0.3, 0.4) is 0 Å². The van der Waals surface area contributed by atoms with Gasteiger partial charge in [-0.15, -0.1) is 0 Å². The lowest BCUT2D eigenvalue weighted by atomic mass is 10.1. The van der Waals surface area contributed by atoms with Gasteiger partial charge in [-0.25, -0.2) is 4.79 Å². The zero-order valence-electron chi connectivity index (χ0n) is 12.8. The lowest BCUT2D eigenvalue weighted by Crippen LogP contribution is -2.30. The number of aromatic nitrogens is 1. The topological polar surface area (TPSA) is 45.2 Å². The van der Waals surface area contributed by atoms with Crippen LogP contribution in [0.5, 0.6) is 0 Å². The van der Waals surface area contributed by atoms with Crippen LogP contribution in [0.15, 0.2) is 65.6 Å². The SMILES string of the molecule is CN(Cc1ccncc1)C(=O)Nc1cccc(-c2ccsc2)c1. The van der Waals surface area contributed by atoms with Crippen molar-refractivity contribution < 1.29 is 4.79 Å². The van der Waals surface area contributed by atoms with E-state index in [2.05, 4.69) is 21.7 Å². The molecule has 0 saturated heterocycles. The van der Waals surface area contributed by atoms with E-state index in [1.54, 1.807) is 35.7 Å². The standard InChI is InChI=1S/C18H17N3OS/c1-21(12-14-5-8-19-9-6-14)18(22)20-17-4-2-3-15(11-17)16-7-10-23-13-16/h2-11,13H,12H2,1H3,(H,20,22). The van der Waals surface area contributed by atoms with Crippen LogP contribution in [0.2, 0.25) is 0 Å². The second kappa shape index (κ2) is 7.07. The van der Waals surface area contributed by atoms with Crippen LogP contribution in [0.4, 0.5) is 10.5 Å². The molecule has 23 heavy (non-hydrogen) atoms. The van der Waals surface area contributed by atoms with Crippen molar-refractivity contribution >= 4 is 23.1 Å². The van der Waals surface area contributed by atoms with Gasteiger partial charge in [0.25, 0.3) is 0 Å². The molecule has 2 aromatic heterocycles. The summed E-state index contributed by atoms with van der Waals surface area (Å²) in [7, 11) is 1.78. The first-order chi connectivity index (χ1) is 11.2. The molecule has 2 amide bonds. The summed E-state index contributed by atoms with van der Waals surface area (Å²) >= 11 is 1.66. The molecule has 0 spiro atoms. The Morgan fingerprint density at radius 1 is 1.17 bits per heavy atom. The summed E-state index contributed by atoms with van der Waals surface area (Å²) in [6, 6.07) is 13.6. The van der Waals surface area contributed by atoms with Crippen LogP contribution < -0.4 is 5.32 Å². The molecule has 5 heteroatoms. The predicted molar refractivity (Wildman–Crippen MR) is 94.5 cm³/mol. The van der Waals surface area contributed by atoms with Gasteiger partial charge < -0.3 is 10.2 Å². The lowest BCUT2D eigenvalue weighted by Gasteiger charge is -2.18. The van der Waals surface area contributed by atoms with Gasteiger partial charge in [0.15, 0.2) is 0 Å². The zero-order chi connectivity index (χ0) is 16.1. The third-order valence-corrected chi connectivity index (χ3v) is 4.17. The van der Waals surface area contributed by atoms with Gasteiger partial charge >= 0.3 is 6.03 Å². The number of hydrogen-bond acceptors (Lipinski definition) is 3. The molecule has 116 valence electrons. The van der Waals surface area contributed by atoms with Crippen molar-refractivity contribution in [2.24, 2.45) is 0 Å². The number of urea groups is 1. The third kappa shape index (κ3) is 3.96. The van der Waals surface area contributed by atoms with E-state index in [-0.39, 0.29) is 6.03 Å². The molecule has 2 heterocycles. The predicted octanol–water partition coefficient (Wildman–Crippen LogP) is 4.47. The van der Waals surface area contributed by atoms with Crippen LogP contribution in [0.25, 0.3) is 11.1 Å². The maximum atomic E-state index is 12.3. The molecule has 0 fully saturated rings. The molecule has 1 aromatic carbocycles. The van der Waals surface area contributed by atoms with Gasteiger partial charge in [-0.05, 0) is 57.8 Å². The molecule has 3 rings (SSSR count). The maximum absolute atomic E-state index is 12.3. The van der Waals surface area contributed by atoms with Crippen LogP contribution in [0, 0.1) is 0 Å². The van der Waals surface area contributed by atoms with Crippen LogP contribution >= 0.6 is 11.3 Å². The number of amides is 2. The summed E-state index contributed by atoms with van der Waals surface area (Å²) in [5.41, 5.74) is 4.10. The quantitative estimate of drug-likeness (QED) is 0.769. The van der Waals surface area contributed by atoms with Gasteiger partial charge in [0.1, 0.15) is 0 Å². The molecule has 0 aliphatic rings. The Bertz CT molecular complexity index is 772. The van der Waals surface area contributed by atoms with Crippen molar-refractivity contribution in [3.8, 4) is 11.1 Å². The Kier molecular flexibility index (Phi) is 4.68. The first-order valence-electron chi connectivity index (χ1n) is 7.26. The number of rotatable bonds is 4. The number of nitrogens with zero attached hydrogens (tertiary/aromatic N) is 2. The minimum absolute atomic E-state index is 0.135. The Labute approximate surface area is 139 Å². The summed E-state index contributed by atoms with van der Waals surface area (Å²) in [6.07, 6.45) is 3.46. The first kappa shape index (κ1) is 15.2. The van der Waals surface area contributed by atoms with Crippen molar-refractivity contribution in [1.82, 2.24) is 9.88 Å². The number of hydrogen-bond donors (Lipinski definition) is 1. The highest BCUT2D eigenvalue weighted by Gasteiger charge is 2.10. The Morgan fingerprint density at radius 2 is 2.00 bits per heavy atom. The average molecular weight is 323 g/mol. The number of benzene rings is 1. The Morgan fingerprint density at radius 3 is 2.74 bits per heavy atom. The van der Waals surface area contributed by atoms with Crippen LogP contribution in [-0.4, -0.2) is 23.0 Å². The summed E-state index contributed by atoms with van der Waals surface area (Å²) in [5, 5.41) is 7.08. The summed E-state index contributed by atoms with van der Waals surface area (Å²) in [4.78, 5) is 17.9. The van der Waals surface area contributed by atoms with Crippen molar-refractivity contribution in [2.75, 3.05) is 12.4 Å². The second-order valence-electron chi connectivity index (χ2n) is 5.23. The summed E-state index contributed by atoms with van der Waals surface area (Å²) < 4.78 is 0. The maximum Gasteiger partial charge on any atom is 0.321 e. The number of carbonyl (C=O) groups excluding carboxylic acids is 1. The van der Waals surface area contributed by atoms with E-state index in [1.165, 1.54) is 0 Å². The van der Waals surface area contributed by atoms with Gasteiger partial charge in [-0.2, -0.15) is 11.3 Å². The molecule has 0 saturated carbocycles. The molecule has 0 aliphatic heterocycles. The van der Waals surface area contributed by atoms with E-state index in [1.807, 2.05) is 41.8 Å². The molecule has 4 nitrogen and oxygen atoms in total. The molecular formula is C18H17N3OS. The molecule has 0 atom stereocenters. The van der Waals surface area contributed by atoms with Crippen molar-refractivity contribution in [3.05, 3.63) is 71.2 Å². The number of pyridine rings is 1. The normalized spacial score (nSPS) is 10.3.